The normalized spacial score (nSPS) is 18.0. The number of likely N-dealkylation sites (N-methyl/N-ethyl adjacent to an activating group) is 2. The molecule has 0 saturated heterocycles. The highest BCUT2D eigenvalue weighted by Crippen LogP contribution is 2.24. The van der Waals surface area contributed by atoms with Gasteiger partial charge in [0.25, 0.3) is 0 Å². The number of hydrogen-bond donors (Lipinski definition) is 1. The van der Waals surface area contributed by atoms with Crippen molar-refractivity contribution in [2.24, 2.45) is 0 Å². The summed E-state index contributed by atoms with van der Waals surface area (Å²) in [7, 11) is 2.18. The highest BCUT2D eigenvalue weighted by Gasteiger charge is 2.24. The maximum atomic E-state index is 12.7. The lowest BCUT2D eigenvalue weighted by Gasteiger charge is -2.36. The van der Waals surface area contributed by atoms with Crippen molar-refractivity contribution in [2.75, 3.05) is 39.8 Å². The van der Waals surface area contributed by atoms with Gasteiger partial charge in [0.1, 0.15) is 5.75 Å². The lowest BCUT2D eigenvalue weighted by atomic mass is 9.92. The Morgan fingerprint density at radius 2 is 2.08 bits per heavy atom. The van der Waals surface area contributed by atoms with Crippen molar-refractivity contribution in [1.29, 1.82) is 0 Å². The fraction of sp³-hybridized carbons (Fsp3) is 0.650. The lowest BCUT2D eigenvalue weighted by Crippen LogP contribution is -2.46. The van der Waals surface area contributed by atoms with Crippen molar-refractivity contribution in [2.45, 2.75) is 45.2 Å². The van der Waals surface area contributed by atoms with Crippen LogP contribution in [-0.2, 0) is 17.8 Å². The molecule has 2 aliphatic rings. The van der Waals surface area contributed by atoms with E-state index >= 15 is 0 Å². The number of carbonyl (C=O) groups excluding carboxylic acids is 1. The largest absolute Gasteiger partial charge is 0.508 e. The van der Waals surface area contributed by atoms with Gasteiger partial charge < -0.3 is 14.9 Å². The maximum absolute atomic E-state index is 12.7. The van der Waals surface area contributed by atoms with E-state index in [1.54, 1.807) is 6.07 Å². The minimum Gasteiger partial charge on any atom is -0.508 e. The van der Waals surface area contributed by atoms with E-state index in [0.717, 1.165) is 45.2 Å². The predicted molar refractivity (Wildman–Crippen MR) is 99.6 cm³/mol. The number of hydrogen-bond acceptors (Lipinski definition) is 4. The van der Waals surface area contributed by atoms with E-state index < -0.39 is 0 Å². The number of benzene rings is 1. The Kier molecular flexibility index (Phi) is 5.97. The van der Waals surface area contributed by atoms with E-state index in [4.69, 9.17) is 0 Å². The summed E-state index contributed by atoms with van der Waals surface area (Å²) in [6.45, 7) is 6.78. The SMILES string of the molecule is CCN(CCN(C)C1CCC1)C(=O)CN1CCc2cc(O)ccc2C1. The van der Waals surface area contributed by atoms with Crippen molar-refractivity contribution < 1.29 is 9.90 Å². The summed E-state index contributed by atoms with van der Waals surface area (Å²) in [4.78, 5) is 19.3. The van der Waals surface area contributed by atoms with Crippen LogP contribution in [0.15, 0.2) is 18.2 Å². The molecule has 0 unspecified atom stereocenters. The first-order chi connectivity index (χ1) is 12.1. The van der Waals surface area contributed by atoms with Gasteiger partial charge in [-0.15, -0.1) is 0 Å². The molecule has 1 aromatic carbocycles. The van der Waals surface area contributed by atoms with Gasteiger partial charge in [-0.05, 0) is 56.5 Å². The third-order valence-electron chi connectivity index (χ3n) is 5.80. The molecule has 0 bridgehead atoms. The predicted octanol–water partition coefficient (Wildman–Crippen LogP) is 2.08. The molecule has 3 rings (SSSR count). The topological polar surface area (TPSA) is 47.0 Å². The molecule has 1 aliphatic carbocycles. The second-order valence-corrected chi connectivity index (χ2v) is 7.45. The Balaban J connectivity index is 1.49. The number of fused-ring (bicyclic) bond motifs is 1. The summed E-state index contributed by atoms with van der Waals surface area (Å²) in [5.74, 6) is 0.558. The van der Waals surface area contributed by atoms with Gasteiger partial charge in [0, 0.05) is 38.8 Å². The number of rotatable bonds is 7. The molecule has 1 saturated carbocycles. The monoisotopic (exact) mass is 345 g/mol. The molecule has 0 atom stereocenters. The third kappa shape index (κ3) is 4.53. The van der Waals surface area contributed by atoms with Crippen LogP contribution < -0.4 is 0 Å². The molecule has 0 aromatic heterocycles. The third-order valence-corrected chi connectivity index (χ3v) is 5.80. The molecule has 5 nitrogen and oxygen atoms in total. The lowest BCUT2D eigenvalue weighted by molar-refractivity contribution is -0.132. The van der Waals surface area contributed by atoms with Crippen LogP contribution in [0.25, 0.3) is 0 Å². The molecular weight excluding hydrogens is 314 g/mol. The smallest absolute Gasteiger partial charge is 0.236 e. The van der Waals surface area contributed by atoms with Gasteiger partial charge in [0.05, 0.1) is 6.54 Å². The number of aromatic hydroxyl groups is 1. The molecule has 1 N–H and O–H groups in total. The molecule has 0 spiro atoms. The molecule has 1 fully saturated rings. The molecule has 0 radical (unpaired) electrons. The molecule has 25 heavy (non-hydrogen) atoms. The van der Waals surface area contributed by atoms with Crippen molar-refractivity contribution in [1.82, 2.24) is 14.7 Å². The van der Waals surface area contributed by atoms with Gasteiger partial charge >= 0.3 is 0 Å². The Morgan fingerprint density at radius 3 is 2.76 bits per heavy atom. The summed E-state index contributed by atoms with van der Waals surface area (Å²) < 4.78 is 0. The van der Waals surface area contributed by atoms with Crippen LogP contribution in [0, 0.1) is 0 Å². The quantitative estimate of drug-likeness (QED) is 0.822. The summed E-state index contributed by atoms with van der Waals surface area (Å²) in [6.07, 6.45) is 4.85. The fourth-order valence-electron chi connectivity index (χ4n) is 3.77. The second kappa shape index (κ2) is 8.19. The zero-order valence-electron chi connectivity index (χ0n) is 15.6. The summed E-state index contributed by atoms with van der Waals surface area (Å²) in [5.41, 5.74) is 2.43. The van der Waals surface area contributed by atoms with Crippen LogP contribution in [0.1, 0.15) is 37.3 Å². The first-order valence-electron chi connectivity index (χ1n) is 9.58. The van der Waals surface area contributed by atoms with Crippen molar-refractivity contribution in [3.63, 3.8) is 0 Å². The molecule has 5 heteroatoms. The van der Waals surface area contributed by atoms with E-state index in [2.05, 4.69) is 23.8 Å². The highest BCUT2D eigenvalue weighted by molar-refractivity contribution is 5.78. The van der Waals surface area contributed by atoms with Crippen LogP contribution in [0.3, 0.4) is 0 Å². The first kappa shape index (κ1) is 18.2. The van der Waals surface area contributed by atoms with Crippen LogP contribution in [0.4, 0.5) is 0 Å². The second-order valence-electron chi connectivity index (χ2n) is 7.45. The molecule has 1 aliphatic heterocycles. The van der Waals surface area contributed by atoms with E-state index in [-0.39, 0.29) is 5.91 Å². The first-order valence-corrected chi connectivity index (χ1v) is 9.58. The molecular formula is C20H31N3O2. The molecule has 138 valence electrons. The van der Waals surface area contributed by atoms with E-state index in [1.165, 1.54) is 30.4 Å². The average Bonchev–Trinajstić information content (AvgIpc) is 2.54. The van der Waals surface area contributed by atoms with Crippen LogP contribution >= 0.6 is 0 Å². The Hall–Kier alpha value is -1.59. The molecule has 1 heterocycles. The minimum atomic E-state index is 0.228. The maximum Gasteiger partial charge on any atom is 0.236 e. The molecule has 1 amide bonds. The van der Waals surface area contributed by atoms with Crippen LogP contribution in [0.5, 0.6) is 5.75 Å². The fourth-order valence-corrected chi connectivity index (χ4v) is 3.77. The van der Waals surface area contributed by atoms with Gasteiger partial charge in [0.15, 0.2) is 0 Å². The zero-order valence-corrected chi connectivity index (χ0v) is 15.6. The minimum absolute atomic E-state index is 0.228. The van der Waals surface area contributed by atoms with Gasteiger partial charge in [-0.1, -0.05) is 12.5 Å². The number of phenols is 1. The van der Waals surface area contributed by atoms with Crippen molar-refractivity contribution in [3.05, 3.63) is 29.3 Å². The van der Waals surface area contributed by atoms with Gasteiger partial charge in [-0.25, -0.2) is 0 Å². The standard InChI is InChI=1S/C20H31N3O2/c1-3-23(12-11-21(2)18-5-4-6-18)20(25)15-22-10-9-16-13-19(24)8-7-17(16)14-22/h7-8,13,18,24H,3-6,9-12,14-15H2,1-2H3. The summed E-state index contributed by atoms with van der Waals surface area (Å²) in [6, 6.07) is 6.29. The number of amides is 1. The van der Waals surface area contributed by atoms with Crippen LogP contribution in [-0.4, -0.2) is 71.5 Å². The van der Waals surface area contributed by atoms with E-state index in [0.29, 0.717) is 12.3 Å². The van der Waals surface area contributed by atoms with Crippen LogP contribution in [0.2, 0.25) is 0 Å². The van der Waals surface area contributed by atoms with E-state index in [9.17, 15) is 9.90 Å². The van der Waals surface area contributed by atoms with Gasteiger partial charge in [0.2, 0.25) is 5.91 Å². The number of nitrogens with zero attached hydrogens (tertiary/aromatic N) is 3. The van der Waals surface area contributed by atoms with Gasteiger partial charge in [-0.2, -0.15) is 0 Å². The highest BCUT2D eigenvalue weighted by atomic mass is 16.3. The van der Waals surface area contributed by atoms with Crippen molar-refractivity contribution >= 4 is 5.91 Å². The number of carbonyl (C=O) groups is 1. The average molecular weight is 345 g/mol. The zero-order chi connectivity index (χ0) is 17.8. The summed E-state index contributed by atoms with van der Waals surface area (Å²) >= 11 is 0. The van der Waals surface area contributed by atoms with Crippen molar-refractivity contribution in [3.8, 4) is 5.75 Å². The Labute approximate surface area is 151 Å². The summed E-state index contributed by atoms with van der Waals surface area (Å²) in [5, 5.41) is 9.59. The van der Waals surface area contributed by atoms with Gasteiger partial charge in [-0.3, -0.25) is 9.69 Å². The Bertz CT molecular complexity index is 601. The molecule has 1 aromatic rings. The van der Waals surface area contributed by atoms with E-state index in [1.807, 2.05) is 17.0 Å². The Morgan fingerprint density at radius 1 is 1.28 bits per heavy atom. The number of phenolic OH excluding ortho intramolecular Hbond substituents is 1.